The normalized spacial score (nSPS) is 35.9. The molecule has 104 valence electrons. The van der Waals surface area contributed by atoms with Crippen LogP contribution in [0, 0.1) is 0 Å². The molecule has 0 aliphatic carbocycles. The van der Waals surface area contributed by atoms with E-state index in [0.717, 1.165) is 6.92 Å². The zero-order chi connectivity index (χ0) is 13.9. The molecule has 1 heterocycles. The molecule has 1 aliphatic heterocycles. The van der Waals surface area contributed by atoms with Gasteiger partial charge in [-0.05, 0) is 6.92 Å². The van der Waals surface area contributed by atoms with Crippen LogP contribution < -0.4 is 0 Å². The first kappa shape index (κ1) is 14.8. The second kappa shape index (κ2) is 6.10. The van der Waals surface area contributed by atoms with E-state index in [1.165, 1.54) is 14.0 Å². The Morgan fingerprint density at radius 1 is 1.11 bits per heavy atom. The van der Waals surface area contributed by atoms with E-state index in [2.05, 4.69) is 0 Å². The van der Waals surface area contributed by atoms with Crippen molar-refractivity contribution in [2.75, 3.05) is 7.11 Å². The fraction of sp³-hybridized carbons (Fsp3) is 0.818. The Labute approximate surface area is 104 Å². The summed E-state index contributed by atoms with van der Waals surface area (Å²) in [5.74, 6) is -1.26. The highest BCUT2D eigenvalue weighted by atomic mass is 19.1. The van der Waals surface area contributed by atoms with Crippen molar-refractivity contribution in [3.63, 3.8) is 0 Å². The van der Waals surface area contributed by atoms with Crippen molar-refractivity contribution in [1.82, 2.24) is 0 Å². The zero-order valence-electron chi connectivity index (χ0n) is 10.7. The topological polar surface area (TPSA) is 71.1 Å². The summed E-state index contributed by atoms with van der Waals surface area (Å²) in [5.41, 5.74) is 0. The van der Waals surface area contributed by atoms with Crippen molar-refractivity contribution in [2.45, 2.75) is 51.5 Å². The quantitative estimate of drug-likeness (QED) is 0.694. The molecule has 0 radical (unpaired) electrons. The van der Waals surface area contributed by atoms with Crippen LogP contribution in [-0.4, -0.2) is 49.8 Å². The standard InChI is InChI=1S/C11H17FO6/c1-5-9(17-6(2)13)10(18-7(3)14)8(12)11(15-4)16-5/h5,8-11H,1-4H3. The summed E-state index contributed by atoms with van der Waals surface area (Å²) >= 11 is 0. The van der Waals surface area contributed by atoms with Crippen LogP contribution in [0.3, 0.4) is 0 Å². The van der Waals surface area contributed by atoms with Gasteiger partial charge in [-0.2, -0.15) is 0 Å². The number of alkyl halides is 1. The van der Waals surface area contributed by atoms with Crippen LogP contribution in [-0.2, 0) is 28.5 Å². The molecule has 0 saturated carbocycles. The van der Waals surface area contributed by atoms with E-state index in [0.29, 0.717) is 0 Å². The second-order valence-corrected chi connectivity index (χ2v) is 4.04. The van der Waals surface area contributed by atoms with Gasteiger partial charge >= 0.3 is 11.9 Å². The first-order chi connectivity index (χ1) is 8.36. The summed E-state index contributed by atoms with van der Waals surface area (Å²) in [7, 11) is 1.28. The number of carbonyl (C=O) groups excluding carboxylic acids is 2. The Morgan fingerprint density at radius 3 is 2.06 bits per heavy atom. The molecule has 0 N–H and O–H groups in total. The SMILES string of the molecule is COC1OC(C)C(OC(C)=O)C(OC(C)=O)C1F. The van der Waals surface area contributed by atoms with Crippen LogP contribution in [0.25, 0.3) is 0 Å². The maximum absolute atomic E-state index is 14.0. The van der Waals surface area contributed by atoms with Crippen molar-refractivity contribution in [1.29, 1.82) is 0 Å². The molecule has 0 aromatic heterocycles. The van der Waals surface area contributed by atoms with Crippen molar-refractivity contribution < 1.29 is 32.9 Å². The minimum Gasteiger partial charge on any atom is -0.456 e. The van der Waals surface area contributed by atoms with Gasteiger partial charge in [0.25, 0.3) is 0 Å². The summed E-state index contributed by atoms with van der Waals surface area (Å²) in [4.78, 5) is 22.0. The number of hydrogen-bond donors (Lipinski definition) is 0. The van der Waals surface area contributed by atoms with Crippen molar-refractivity contribution >= 4 is 11.9 Å². The number of methoxy groups -OCH3 is 1. The first-order valence-electron chi connectivity index (χ1n) is 5.53. The van der Waals surface area contributed by atoms with Crippen LogP contribution in [0.1, 0.15) is 20.8 Å². The Hall–Kier alpha value is -1.21. The van der Waals surface area contributed by atoms with Crippen LogP contribution in [0.4, 0.5) is 4.39 Å². The van der Waals surface area contributed by atoms with E-state index in [-0.39, 0.29) is 0 Å². The Kier molecular flexibility index (Phi) is 5.03. The number of rotatable bonds is 3. The molecule has 6 nitrogen and oxygen atoms in total. The average molecular weight is 264 g/mol. The molecule has 0 aromatic rings. The molecular weight excluding hydrogens is 247 g/mol. The minimum atomic E-state index is -1.72. The zero-order valence-corrected chi connectivity index (χ0v) is 10.7. The van der Waals surface area contributed by atoms with Gasteiger partial charge in [0.2, 0.25) is 0 Å². The van der Waals surface area contributed by atoms with Gasteiger partial charge in [0.05, 0.1) is 6.10 Å². The van der Waals surface area contributed by atoms with Crippen molar-refractivity contribution in [3.05, 3.63) is 0 Å². The number of ether oxygens (including phenoxy) is 4. The van der Waals surface area contributed by atoms with E-state index in [4.69, 9.17) is 18.9 Å². The summed E-state index contributed by atoms with van der Waals surface area (Å²) in [6.07, 6.45) is -5.75. The van der Waals surface area contributed by atoms with Gasteiger partial charge in [-0.1, -0.05) is 0 Å². The number of halogens is 1. The second-order valence-electron chi connectivity index (χ2n) is 4.04. The highest BCUT2D eigenvalue weighted by Gasteiger charge is 2.49. The third kappa shape index (κ3) is 3.39. The van der Waals surface area contributed by atoms with Crippen molar-refractivity contribution in [2.24, 2.45) is 0 Å². The molecule has 0 amide bonds. The molecule has 0 aromatic carbocycles. The molecule has 1 rings (SSSR count). The van der Waals surface area contributed by atoms with E-state index < -0.39 is 42.7 Å². The maximum atomic E-state index is 14.0. The third-order valence-corrected chi connectivity index (χ3v) is 2.55. The lowest BCUT2D eigenvalue weighted by Crippen LogP contribution is -2.58. The van der Waals surface area contributed by atoms with Gasteiger partial charge in [0, 0.05) is 21.0 Å². The van der Waals surface area contributed by atoms with Crippen LogP contribution in [0.5, 0.6) is 0 Å². The van der Waals surface area contributed by atoms with Gasteiger partial charge in [-0.3, -0.25) is 9.59 Å². The molecule has 0 spiro atoms. The first-order valence-corrected chi connectivity index (χ1v) is 5.53. The Morgan fingerprint density at radius 2 is 1.61 bits per heavy atom. The fourth-order valence-corrected chi connectivity index (χ4v) is 1.83. The highest BCUT2D eigenvalue weighted by Crippen LogP contribution is 2.28. The maximum Gasteiger partial charge on any atom is 0.303 e. The molecule has 1 aliphatic rings. The largest absolute Gasteiger partial charge is 0.456 e. The predicted molar refractivity (Wildman–Crippen MR) is 57.3 cm³/mol. The number of carbonyl (C=O) groups is 2. The summed E-state index contributed by atoms with van der Waals surface area (Å²) in [6.45, 7) is 3.93. The van der Waals surface area contributed by atoms with Gasteiger partial charge in [-0.25, -0.2) is 4.39 Å². The molecule has 18 heavy (non-hydrogen) atoms. The molecule has 1 fully saturated rings. The lowest BCUT2D eigenvalue weighted by Gasteiger charge is -2.40. The smallest absolute Gasteiger partial charge is 0.303 e. The van der Waals surface area contributed by atoms with Gasteiger partial charge in [0.15, 0.2) is 24.7 Å². The van der Waals surface area contributed by atoms with Gasteiger partial charge in [0.1, 0.15) is 0 Å². The van der Waals surface area contributed by atoms with E-state index in [1.807, 2.05) is 0 Å². The van der Waals surface area contributed by atoms with Crippen LogP contribution >= 0.6 is 0 Å². The van der Waals surface area contributed by atoms with E-state index >= 15 is 0 Å². The average Bonchev–Trinajstić information content (AvgIpc) is 2.27. The highest BCUT2D eigenvalue weighted by molar-refractivity contribution is 5.67. The molecule has 1 saturated heterocycles. The molecular formula is C11H17FO6. The van der Waals surface area contributed by atoms with E-state index in [1.54, 1.807) is 6.92 Å². The molecule has 7 heteroatoms. The molecule has 5 unspecified atom stereocenters. The van der Waals surface area contributed by atoms with Crippen LogP contribution in [0.2, 0.25) is 0 Å². The fourth-order valence-electron chi connectivity index (χ4n) is 1.83. The summed E-state index contributed by atoms with van der Waals surface area (Å²) < 4.78 is 33.9. The number of hydrogen-bond acceptors (Lipinski definition) is 6. The number of esters is 2. The lowest BCUT2D eigenvalue weighted by atomic mass is 10.0. The summed E-state index contributed by atoms with van der Waals surface area (Å²) in [5, 5.41) is 0. The lowest BCUT2D eigenvalue weighted by molar-refractivity contribution is -0.277. The Balaban J connectivity index is 2.89. The molecule has 5 atom stereocenters. The van der Waals surface area contributed by atoms with Crippen molar-refractivity contribution in [3.8, 4) is 0 Å². The van der Waals surface area contributed by atoms with Crippen LogP contribution in [0.15, 0.2) is 0 Å². The van der Waals surface area contributed by atoms with Gasteiger partial charge in [-0.15, -0.1) is 0 Å². The van der Waals surface area contributed by atoms with E-state index in [9.17, 15) is 14.0 Å². The third-order valence-electron chi connectivity index (χ3n) is 2.55. The van der Waals surface area contributed by atoms with Gasteiger partial charge < -0.3 is 18.9 Å². The monoisotopic (exact) mass is 264 g/mol. The molecule has 0 bridgehead atoms. The minimum absolute atomic E-state index is 0.601. The Bertz CT molecular complexity index is 321. The summed E-state index contributed by atoms with van der Waals surface area (Å²) in [6, 6.07) is 0. The predicted octanol–water partition coefficient (Wildman–Crippen LogP) is 0.579.